The number of amides is 1. The lowest BCUT2D eigenvalue weighted by atomic mass is 10.4. The number of primary amides is 1. The first-order chi connectivity index (χ1) is 7.24. The summed E-state index contributed by atoms with van der Waals surface area (Å²) in [5.74, 6) is -0.579. The van der Waals surface area contributed by atoms with Crippen LogP contribution in [-0.4, -0.2) is 27.1 Å². The molecule has 0 saturated carbocycles. The third-order valence-corrected chi connectivity index (χ3v) is 1.51. The highest BCUT2D eigenvalue weighted by atomic mass is 16.2. The molecule has 3 N–H and O–H groups in total. The number of nitrogens with one attached hydrogen (secondary N) is 1. The lowest BCUT2D eigenvalue weighted by molar-refractivity contribution is -0.121. The number of hydrogen-bond donors (Lipinski definition) is 2. The van der Waals surface area contributed by atoms with Crippen LogP contribution in [0.5, 0.6) is 0 Å². The zero-order chi connectivity index (χ0) is 11.1. The highest BCUT2D eigenvalue weighted by molar-refractivity contribution is 5.86. The zero-order valence-electron chi connectivity index (χ0n) is 7.88. The molecule has 0 unspecified atom stereocenters. The van der Waals surface area contributed by atoms with Gasteiger partial charge < -0.3 is 15.5 Å². The van der Waals surface area contributed by atoms with Crippen molar-refractivity contribution in [2.24, 2.45) is 5.73 Å². The molecule has 0 bridgehead atoms. The van der Waals surface area contributed by atoms with Gasteiger partial charge in [0.1, 0.15) is 18.3 Å². The summed E-state index contributed by atoms with van der Waals surface area (Å²) in [4.78, 5) is 29.7. The molecule has 0 aliphatic carbocycles. The van der Waals surface area contributed by atoms with Crippen molar-refractivity contribution in [3.8, 4) is 0 Å². The van der Waals surface area contributed by atoms with E-state index in [0.717, 1.165) is 11.0 Å². The quantitative estimate of drug-likeness (QED) is 0.534. The standard InChI is InChI=1S/C6H5N3.C3H5NO2/c1-2-8-6-5(1)3-7-4-9-6;4-3(6)1-2-5/h1-4H,(H,7,8,9);2H,1H2,(H2,4,6). The van der Waals surface area contributed by atoms with Gasteiger partial charge in [0, 0.05) is 17.8 Å². The maximum absolute atomic E-state index is 9.59. The predicted molar refractivity (Wildman–Crippen MR) is 53.8 cm³/mol. The molecule has 0 saturated heterocycles. The molecular formula is C9H10N4O2. The van der Waals surface area contributed by atoms with Crippen molar-refractivity contribution in [3.63, 3.8) is 0 Å². The average Bonchev–Trinajstić information content (AvgIpc) is 2.65. The molecule has 2 aromatic rings. The maximum Gasteiger partial charge on any atom is 0.224 e. The monoisotopic (exact) mass is 206 g/mol. The molecule has 0 fully saturated rings. The Kier molecular flexibility index (Phi) is 3.96. The van der Waals surface area contributed by atoms with Crippen molar-refractivity contribution in [2.45, 2.75) is 6.42 Å². The lowest BCUT2D eigenvalue weighted by Gasteiger charge is -1.81. The van der Waals surface area contributed by atoms with Crippen LogP contribution in [0.15, 0.2) is 24.8 Å². The van der Waals surface area contributed by atoms with Gasteiger partial charge in [-0.1, -0.05) is 0 Å². The van der Waals surface area contributed by atoms with Crippen LogP contribution in [0.25, 0.3) is 11.0 Å². The van der Waals surface area contributed by atoms with Crippen LogP contribution in [0.2, 0.25) is 0 Å². The van der Waals surface area contributed by atoms with Crippen LogP contribution in [0.4, 0.5) is 0 Å². The highest BCUT2D eigenvalue weighted by Gasteiger charge is 1.89. The second-order valence-electron chi connectivity index (χ2n) is 2.64. The van der Waals surface area contributed by atoms with Gasteiger partial charge in [0.25, 0.3) is 0 Å². The number of aromatic nitrogens is 3. The Morgan fingerprint density at radius 2 is 2.40 bits per heavy atom. The second-order valence-corrected chi connectivity index (χ2v) is 2.64. The number of aromatic amines is 1. The summed E-state index contributed by atoms with van der Waals surface area (Å²) in [6.07, 6.45) is 5.46. The van der Waals surface area contributed by atoms with Gasteiger partial charge in [0.2, 0.25) is 5.91 Å². The van der Waals surface area contributed by atoms with Gasteiger partial charge in [-0.25, -0.2) is 9.97 Å². The minimum absolute atomic E-state index is 0.167. The summed E-state index contributed by atoms with van der Waals surface area (Å²) in [6, 6.07) is 1.94. The molecule has 0 aliphatic rings. The largest absolute Gasteiger partial charge is 0.369 e. The molecular weight excluding hydrogens is 196 g/mol. The van der Waals surface area contributed by atoms with E-state index in [1.165, 1.54) is 6.33 Å². The molecule has 2 rings (SSSR count). The summed E-state index contributed by atoms with van der Waals surface area (Å²) in [5, 5.41) is 1.05. The molecule has 15 heavy (non-hydrogen) atoms. The summed E-state index contributed by atoms with van der Waals surface area (Å²) in [6.45, 7) is 0. The summed E-state index contributed by atoms with van der Waals surface area (Å²) in [7, 11) is 0. The molecule has 0 atom stereocenters. The van der Waals surface area contributed by atoms with E-state index >= 15 is 0 Å². The van der Waals surface area contributed by atoms with Crippen LogP contribution in [0.3, 0.4) is 0 Å². The van der Waals surface area contributed by atoms with Gasteiger partial charge >= 0.3 is 0 Å². The molecule has 1 amide bonds. The molecule has 0 aliphatic heterocycles. The minimum Gasteiger partial charge on any atom is -0.369 e. The minimum atomic E-state index is -0.579. The predicted octanol–water partition coefficient (Wildman–Crippen LogP) is 0.0186. The normalized spacial score (nSPS) is 9.07. The lowest BCUT2D eigenvalue weighted by Crippen LogP contribution is -2.09. The maximum atomic E-state index is 9.59. The summed E-state index contributed by atoms with van der Waals surface area (Å²) in [5.41, 5.74) is 5.43. The number of nitrogens with zero attached hydrogens (tertiary/aromatic N) is 2. The van der Waals surface area contributed by atoms with E-state index in [4.69, 9.17) is 0 Å². The van der Waals surface area contributed by atoms with Crippen LogP contribution in [0, 0.1) is 0 Å². The highest BCUT2D eigenvalue weighted by Crippen LogP contribution is 2.03. The van der Waals surface area contributed by atoms with Crippen molar-refractivity contribution in [2.75, 3.05) is 0 Å². The van der Waals surface area contributed by atoms with Gasteiger partial charge in [-0.2, -0.15) is 0 Å². The summed E-state index contributed by atoms with van der Waals surface area (Å²) >= 11 is 0. The second kappa shape index (κ2) is 5.48. The Morgan fingerprint density at radius 1 is 1.60 bits per heavy atom. The van der Waals surface area contributed by atoms with Crippen molar-refractivity contribution >= 4 is 23.2 Å². The molecule has 6 nitrogen and oxygen atoms in total. The Balaban J connectivity index is 0.000000167. The smallest absolute Gasteiger partial charge is 0.224 e. The van der Waals surface area contributed by atoms with Crippen LogP contribution < -0.4 is 5.73 Å². The van der Waals surface area contributed by atoms with Crippen LogP contribution in [0.1, 0.15) is 6.42 Å². The van der Waals surface area contributed by atoms with Gasteiger partial charge in [-0.15, -0.1) is 0 Å². The van der Waals surface area contributed by atoms with E-state index in [1.54, 1.807) is 6.20 Å². The molecule has 2 aromatic heterocycles. The van der Waals surface area contributed by atoms with E-state index in [2.05, 4.69) is 20.7 Å². The number of H-pyrrole nitrogens is 1. The number of hydrogen-bond acceptors (Lipinski definition) is 4. The first-order valence-corrected chi connectivity index (χ1v) is 4.19. The SMILES string of the molecule is NC(=O)CC=O.c1ncc2cc[nH]c2n1. The van der Waals surface area contributed by atoms with Crippen molar-refractivity contribution < 1.29 is 9.59 Å². The van der Waals surface area contributed by atoms with Crippen molar-refractivity contribution in [1.82, 2.24) is 15.0 Å². The molecule has 2 heterocycles. The van der Waals surface area contributed by atoms with E-state index in [9.17, 15) is 9.59 Å². The molecule has 78 valence electrons. The zero-order valence-corrected chi connectivity index (χ0v) is 7.88. The fourth-order valence-corrected chi connectivity index (χ4v) is 0.875. The Bertz CT molecular complexity index is 422. The van der Waals surface area contributed by atoms with E-state index in [-0.39, 0.29) is 6.42 Å². The van der Waals surface area contributed by atoms with Crippen molar-refractivity contribution in [1.29, 1.82) is 0 Å². The first kappa shape index (κ1) is 10.8. The van der Waals surface area contributed by atoms with E-state index in [0.29, 0.717) is 6.29 Å². The van der Waals surface area contributed by atoms with Gasteiger partial charge in [-0.05, 0) is 6.07 Å². The third kappa shape index (κ3) is 3.55. The van der Waals surface area contributed by atoms with Crippen LogP contribution >= 0.6 is 0 Å². The Morgan fingerprint density at radius 3 is 2.93 bits per heavy atom. The fraction of sp³-hybridized carbons (Fsp3) is 0.111. The van der Waals surface area contributed by atoms with E-state index in [1.807, 2.05) is 12.3 Å². The fourth-order valence-electron chi connectivity index (χ4n) is 0.875. The van der Waals surface area contributed by atoms with Crippen molar-refractivity contribution in [3.05, 3.63) is 24.8 Å². The summed E-state index contributed by atoms with van der Waals surface area (Å²) < 4.78 is 0. The molecule has 0 aromatic carbocycles. The number of carbonyl (C=O) groups excluding carboxylic acids is 2. The topological polar surface area (TPSA) is 102 Å². The number of carbonyl (C=O) groups is 2. The number of aldehydes is 1. The molecule has 6 heteroatoms. The number of rotatable bonds is 2. The van der Waals surface area contributed by atoms with E-state index < -0.39 is 5.91 Å². The first-order valence-electron chi connectivity index (χ1n) is 4.19. The van der Waals surface area contributed by atoms with Gasteiger partial charge in [-0.3, -0.25) is 4.79 Å². The Labute approximate surface area is 85.5 Å². The Hall–Kier alpha value is -2.24. The molecule has 0 radical (unpaired) electrons. The number of nitrogens with two attached hydrogens (primary N) is 1. The molecule has 0 spiro atoms. The van der Waals surface area contributed by atoms with Gasteiger partial charge in [0.15, 0.2) is 0 Å². The average molecular weight is 206 g/mol. The number of fused-ring (bicyclic) bond motifs is 1. The van der Waals surface area contributed by atoms with Crippen LogP contribution in [-0.2, 0) is 9.59 Å². The third-order valence-electron chi connectivity index (χ3n) is 1.51. The van der Waals surface area contributed by atoms with Gasteiger partial charge in [0.05, 0.1) is 6.42 Å².